The normalized spacial score (nSPS) is 11.1. The number of oxime groups is 1. The molecule has 5 nitrogen and oxygen atoms in total. The zero-order valence-electron chi connectivity index (χ0n) is 14.4. The van der Waals surface area contributed by atoms with Crippen LogP contribution >= 0.6 is 0 Å². The molecule has 0 fully saturated rings. The van der Waals surface area contributed by atoms with Gasteiger partial charge in [0.25, 0.3) is 5.91 Å². The predicted octanol–water partition coefficient (Wildman–Crippen LogP) is 2.98. The fraction of sp³-hybridized carbons (Fsp3) is 0.263. The summed E-state index contributed by atoms with van der Waals surface area (Å²) >= 11 is 0. The first-order chi connectivity index (χ1) is 11.6. The third kappa shape index (κ3) is 4.13. The van der Waals surface area contributed by atoms with Crippen LogP contribution in [0.3, 0.4) is 0 Å². The summed E-state index contributed by atoms with van der Waals surface area (Å²) in [6, 6.07) is 13.4. The minimum atomic E-state index is -0.310. The van der Waals surface area contributed by atoms with E-state index in [1.807, 2.05) is 49.4 Å². The van der Waals surface area contributed by atoms with Crippen LogP contribution < -0.4 is 10.1 Å². The molecule has 0 aliphatic carbocycles. The monoisotopic (exact) mass is 326 g/mol. The molecule has 0 aromatic heterocycles. The van der Waals surface area contributed by atoms with Gasteiger partial charge in [0.2, 0.25) is 0 Å². The van der Waals surface area contributed by atoms with E-state index in [2.05, 4.69) is 17.4 Å². The Morgan fingerprint density at radius 2 is 1.88 bits per heavy atom. The SMILES string of the molecule is CNC(=O)C(=NOC)c1ccccc1COc1ccc(C)c(C)c1. The molecule has 0 aliphatic heterocycles. The highest BCUT2D eigenvalue weighted by Gasteiger charge is 2.17. The van der Waals surface area contributed by atoms with Crippen molar-refractivity contribution in [3.63, 3.8) is 0 Å². The summed E-state index contributed by atoms with van der Waals surface area (Å²) in [6.45, 7) is 4.44. The van der Waals surface area contributed by atoms with E-state index >= 15 is 0 Å². The molecule has 0 spiro atoms. The summed E-state index contributed by atoms with van der Waals surface area (Å²) in [7, 11) is 2.97. The van der Waals surface area contributed by atoms with Crippen molar-refractivity contribution >= 4 is 11.6 Å². The third-order valence-corrected chi connectivity index (χ3v) is 3.77. The molecule has 0 bridgehead atoms. The van der Waals surface area contributed by atoms with E-state index in [9.17, 15) is 4.79 Å². The average molecular weight is 326 g/mol. The molecule has 126 valence electrons. The lowest BCUT2D eigenvalue weighted by atomic mass is 10.0. The molecule has 2 aromatic rings. The first-order valence-corrected chi connectivity index (χ1v) is 7.68. The van der Waals surface area contributed by atoms with Crippen LogP contribution in [0.25, 0.3) is 0 Å². The minimum Gasteiger partial charge on any atom is -0.489 e. The second-order valence-electron chi connectivity index (χ2n) is 5.39. The lowest BCUT2D eigenvalue weighted by molar-refractivity contribution is -0.114. The molecule has 0 aliphatic rings. The average Bonchev–Trinajstić information content (AvgIpc) is 2.60. The molecule has 0 radical (unpaired) electrons. The summed E-state index contributed by atoms with van der Waals surface area (Å²) in [6.07, 6.45) is 0. The largest absolute Gasteiger partial charge is 0.489 e. The van der Waals surface area contributed by atoms with Gasteiger partial charge in [0.05, 0.1) is 0 Å². The van der Waals surface area contributed by atoms with E-state index < -0.39 is 0 Å². The van der Waals surface area contributed by atoms with Crippen molar-refractivity contribution in [3.05, 3.63) is 64.7 Å². The highest BCUT2D eigenvalue weighted by atomic mass is 16.6. The number of benzene rings is 2. The van der Waals surface area contributed by atoms with Crippen LogP contribution in [-0.2, 0) is 16.2 Å². The lowest BCUT2D eigenvalue weighted by Crippen LogP contribution is -2.29. The summed E-state index contributed by atoms with van der Waals surface area (Å²) in [4.78, 5) is 16.9. The van der Waals surface area contributed by atoms with Gasteiger partial charge in [-0.25, -0.2) is 0 Å². The van der Waals surface area contributed by atoms with E-state index in [0.717, 1.165) is 11.3 Å². The standard InChI is InChI=1S/C19H22N2O3/c1-13-9-10-16(11-14(13)2)24-12-15-7-5-6-8-17(15)18(21-23-4)19(22)20-3/h5-11H,12H2,1-4H3,(H,20,22). The molecule has 0 saturated heterocycles. The second-order valence-corrected chi connectivity index (χ2v) is 5.39. The van der Waals surface area contributed by atoms with E-state index in [-0.39, 0.29) is 11.6 Å². The van der Waals surface area contributed by atoms with Crippen LogP contribution in [0.1, 0.15) is 22.3 Å². The topological polar surface area (TPSA) is 59.9 Å². The molecular weight excluding hydrogens is 304 g/mol. The Hall–Kier alpha value is -2.82. The second kappa shape index (κ2) is 8.15. The van der Waals surface area contributed by atoms with Gasteiger partial charge in [-0.15, -0.1) is 0 Å². The van der Waals surface area contributed by atoms with Gasteiger partial charge in [-0.3, -0.25) is 4.79 Å². The van der Waals surface area contributed by atoms with Gasteiger partial charge < -0.3 is 14.9 Å². The summed E-state index contributed by atoms with van der Waals surface area (Å²) in [5.41, 5.74) is 4.15. The molecular formula is C19H22N2O3. The van der Waals surface area contributed by atoms with Crippen LogP contribution in [-0.4, -0.2) is 25.8 Å². The van der Waals surface area contributed by atoms with E-state index in [0.29, 0.717) is 12.2 Å². The number of nitrogens with one attached hydrogen (secondary N) is 1. The predicted molar refractivity (Wildman–Crippen MR) is 94.3 cm³/mol. The molecule has 5 heteroatoms. The molecule has 0 unspecified atom stereocenters. The maximum absolute atomic E-state index is 12.0. The third-order valence-electron chi connectivity index (χ3n) is 3.77. The lowest BCUT2D eigenvalue weighted by Gasteiger charge is -2.13. The number of carbonyl (C=O) groups excluding carboxylic acids is 1. The van der Waals surface area contributed by atoms with Crippen LogP contribution in [0.15, 0.2) is 47.6 Å². The number of likely N-dealkylation sites (N-methyl/N-ethyl adjacent to an activating group) is 1. The number of hydrogen-bond donors (Lipinski definition) is 1. The number of nitrogens with zero attached hydrogens (tertiary/aromatic N) is 1. The van der Waals surface area contributed by atoms with E-state index in [1.165, 1.54) is 18.2 Å². The van der Waals surface area contributed by atoms with Crippen molar-refractivity contribution in [2.24, 2.45) is 5.16 Å². The van der Waals surface area contributed by atoms with Crippen molar-refractivity contribution < 1.29 is 14.4 Å². The number of carbonyl (C=O) groups is 1. The Labute approximate surface area is 142 Å². The highest BCUT2D eigenvalue weighted by Crippen LogP contribution is 2.19. The first kappa shape index (κ1) is 17.5. The first-order valence-electron chi connectivity index (χ1n) is 7.68. The Balaban J connectivity index is 2.26. The van der Waals surface area contributed by atoms with Crippen LogP contribution in [0, 0.1) is 13.8 Å². The van der Waals surface area contributed by atoms with Gasteiger partial charge in [0.1, 0.15) is 19.5 Å². The molecule has 2 rings (SSSR count). The Morgan fingerprint density at radius 1 is 1.12 bits per heavy atom. The van der Waals surface area contributed by atoms with Gasteiger partial charge in [0, 0.05) is 12.6 Å². The van der Waals surface area contributed by atoms with Crippen molar-refractivity contribution in [2.45, 2.75) is 20.5 Å². The molecule has 0 saturated carbocycles. The fourth-order valence-corrected chi connectivity index (χ4v) is 2.26. The van der Waals surface area contributed by atoms with Crippen molar-refractivity contribution in [3.8, 4) is 5.75 Å². The van der Waals surface area contributed by atoms with Gasteiger partial charge in [-0.2, -0.15) is 0 Å². The molecule has 0 atom stereocenters. The van der Waals surface area contributed by atoms with E-state index in [1.54, 1.807) is 7.05 Å². The summed E-state index contributed by atoms with van der Waals surface area (Å²) in [5, 5.41) is 6.43. The van der Waals surface area contributed by atoms with Gasteiger partial charge in [-0.05, 0) is 42.7 Å². The smallest absolute Gasteiger partial charge is 0.273 e. The minimum absolute atomic E-state index is 0.222. The van der Waals surface area contributed by atoms with E-state index in [4.69, 9.17) is 9.57 Å². The van der Waals surface area contributed by atoms with Crippen molar-refractivity contribution in [1.82, 2.24) is 5.32 Å². The number of aryl methyl sites for hydroxylation is 2. The van der Waals surface area contributed by atoms with Gasteiger partial charge in [0.15, 0.2) is 5.71 Å². The maximum Gasteiger partial charge on any atom is 0.273 e. The zero-order chi connectivity index (χ0) is 17.5. The van der Waals surface area contributed by atoms with Gasteiger partial charge >= 0.3 is 0 Å². The number of ether oxygens (including phenoxy) is 1. The van der Waals surface area contributed by atoms with Crippen molar-refractivity contribution in [2.75, 3.05) is 14.2 Å². The molecule has 24 heavy (non-hydrogen) atoms. The van der Waals surface area contributed by atoms with Crippen molar-refractivity contribution in [1.29, 1.82) is 0 Å². The van der Waals surface area contributed by atoms with Crippen LogP contribution in [0.2, 0.25) is 0 Å². The summed E-state index contributed by atoms with van der Waals surface area (Å²) < 4.78 is 5.88. The molecule has 1 N–H and O–H groups in total. The molecule has 2 aromatic carbocycles. The zero-order valence-corrected chi connectivity index (χ0v) is 14.4. The Kier molecular flexibility index (Phi) is 5.95. The Morgan fingerprint density at radius 3 is 2.54 bits per heavy atom. The van der Waals surface area contributed by atoms with Gasteiger partial charge in [-0.1, -0.05) is 35.5 Å². The van der Waals surface area contributed by atoms with Crippen LogP contribution in [0.5, 0.6) is 5.75 Å². The number of rotatable bonds is 6. The fourth-order valence-electron chi connectivity index (χ4n) is 2.26. The highest BCUT2D eigenvalue weighted by molar-refractivity contribution is 6.45. The quantitative estimate of drug-likeness (QED) is 0.656. The number of amides is 1. The maximum atomic E-state index is 12.0. The molecule has 0 heterocycles. The van der Waals surface area contributed by atoms with Crippen LogP contribution in [0.4, 0.5) is 0 Å². The summed E-state index contributed by atoms with van der Waals surface area (Å²) in [5.74, 6) is 0.480. The number of hydrogen-bond acceptors (Lipinski definition) is 4. The molecule has 1 amide bonds. The Bertz CT molecular complexity index is 754.